The molecule has 27 heavy (non-hydrogen) atoms. The first kappa shape index (κ1) is 19.8. The van der Waals surface area contributed by atoms with E-state index in [1.807, 2.05) is 6.20 Å². The second-order valence-corrected chi connectivity index (χ2v) is 13.5. The van der Waals surface area contributed by atoms with E-state index >= 15 is 0 Å². The maximum atomic E-state index is 12.2. The SMILES string of the molecule is COC(=O)c1[nH]nc2ncc(N3CCOCC3)c(COCC[Si](C)(C)C)c12. The molecule has 148 valence electrons. The number of carbonyl (C=O) groups excluding carboxylic acids is 1. The third-order valence-corrected chi connectivity index (χ3v) is 6.36. The maximum Gasteiger partial charge on any atom is 0.356 e. The number of aromatic nitrogens is 3. The number of methoxy groups -OCH3 is 1. The lowest BCUT2D eigenvalue weighted by atomic mass is 10.1. The van der Waals surface area contributed by atoms with Crippen LogP contribution >= 0.6 is 0 Å². The Kier molecular flexibility index (Phi) is 6.13. The molecule has 9 heteroatoms. The van der Waals surface area contributed by atoms with Crippen LogP contribution in [0, 0.1) is 0 Å². The summed E-state index contributed by atoms with van der Waals surface area (Å²) in [6, 6.07) is 1.09. The standard InChI is InChI=1S/C18H28N4O4Si/c1-24-18(23)16-15-13(12-26-9-10-27(2,3)4)14(11-19-17(15)21-20-16)22-5-7-25-8-6-22/h11H,5-10,12H2,1-4H3,(H,19,20,21). The molecule has 3 rings (SSSR count). The van der Waals surface area contributed by atoms with Gasteiger partial charge >= 0.3 is 5.97 Å². The molecule has 0 atom stereocenters. The minimum absolute atomic E-state index is 0.318. The Hall–Kier alpha value is -1.97. The highest BCUT2D eigenvalue weighted by Crippen LogP contribution is 2.30. The molecule has 0 aromatic carbocycles. The van der Waals surface area contributed by atoms with E-state index < -0.39 is 14.0 Å². The molecule has 2 aromatic heterocycles. The number of morpholine rings is 1. The van der Waals surface area contributed by atoms with Gasteiger partial charge in [0.2, 0.25) is 0 Å². The molecule has 0 spiro atoms. The van der Waals surface area contributed by atoms with Gasteiger partial charge in [-0.25, -0.2) is 9.78 Å². The predicted octanol–water partition coefficient (Wildman–Crippen LogP) is 2.44. The van der Waals surface area contributed by atoms with Gasteiger partial charge in [-0.1, -0.05) is 19.6 Å². The van der Waals surface area contributed by atoms with Gasteiger partial charge in [0.05, 0.1) is 44.2 Å². The minimum Gasteiger partial charge on any atom is -0.464 e. The number of carbonyl (C=O) groups is 1. The number of nitrogens with zero attached hydrogens (tertiary/aromatic N) is 3. The van der Waals surface area contributed by atoms with Crippen molar-refractivity contribution in [2.45, 2.75) is 32.3 Å². The molecule has 0 bridgehead atoms. The van der Waals surface area contributed by atoms with Crippen LogP contribution in [-0.4, -0.2) is 69.2 Å². The molecule has 0 amide bonds. The molecule has 1 N–H and O–H groups in total. The number of fused-ring (bicyclic) bond motifs is 1. The number of ether oxygens (including phenoxy) is 3. The summed E-state index contributed by atoms with van der Waals surface area (Å²) in [5.74, 6) is -0.457. The zero-order valence-corrected chi connectivity index (χ0v) is 17.5. The normalized spacial score (nSPS) is 15.3. The van der Waals surface area contributed by atoms with Crippen LogP contribution in [0.15, 0.2) is 6.20 Å². The summed E-state index contributed by atoms with van der Waals surface area (Å²) in [6.07, 6.45) is 1.81. The van der Waals surface area contributed by atoms with Gasteiger partial charge < -0.3 is 19.1 Å². The molecule has 1 aliphatic heterocycles. The quantitative estimate of drug-likeness (QED) is 0.440. The zero-order valence-electron chi connectivity index (χ0n) is 16.5. The van der Waals surface area contributed by atoms with E-state index in [1.54, 1.807) is 0 Å². The maximum absolute atomic E-state index is 12.2. The van der Waals surface area contributed by atoms with Crippen LogP contribution in [0.5, 0.6) is 0 Å². The Morgan fingerprint density at radius 1 is 1.33 bits per heavy atom. The number of nitrogens with one attached hydrogen (secondary N) is 1. The van der Waals surface area contributed by atoms with Crippen molar-refractivity contribution in [3.8, 4) is 0 Å². The van der Waals surface area contributed by atoms with Gasteiger partial charge in [0.1, 0.15) is 0 Å². The molecule has 2 aromatic rings. The Bertz CT molecular complexity index is 796. The van der Waals surface area contributed by atoms with E-state index in [0.29, 0.717) is 43.2 Å². The zero-order chi connectivity index (χ0) is 19.4. The highest BCUT2D eigenvalue weighted by atomic mass is 28.3. The average molecular weight is 393 g/mol. The highest BCUT2D eigenvalue weighted by molar-refractivity contribution is 6.76. The molecular weight excluding hydrogens is 364 g/mol. The van der Waals surface area contributed by atoms with Gasteiger partial charge in [0.15, 0.2) is 11.3 Å². The molecule has 0 radical (unpaired) electrons. The van der Waals surface area contributed by atoms with Gasteiger partial charge in [0, 0.05) is 33.3 Å². The number of esters is 1. The summed E-state index contributed by atoms with van der Waals surface area (Å²) >= 11 is 0. The third-order valence-electron chi connectivity index (χ3n) is 4.65. The van der Waals surface area contributed by atoms with Crippen molar-refractivity contribution < 1.29 is 19.0 Å². The molecule has 0 unspecified atom stereocenters. The fourth-order valence-corrected chi connectivity index (χ4v) is 3.82. The van der Waals surface area contributed by atoms with Gasteiger partial charge in [-0.2, -0.15) is 5.10 Å². The van der Waals surface area contributed by atoms with Gasteiger partial charge in [-0.05, 0) is 6.04 Å². The van der Waals surface area contributed by atoms with E-state index in [-0.39, 0.29) is 0 Å². The summed E-state index contributed by atoms with van der Waals surface area (Å²) in [6.45, 7) is 11.0. The van der Waals surface area contributed by atoms with E-state index in [9.17, 15) is 4.79 Å². The Morgan fingerprint density at radius 3 is 2.74 bits per heavy atom. The molecule has 3 heterocycles. The molecule has 1 saturated heterocycles. The van der Waals surface area contributed by atoms with Crippen LogP contribution in [0.25, 0.3) is 11.0 Å². The summed E-state index contributed by atoms with van der Waals surface area (Å²) in [7, 11) is 0.186. The van der Waals surface area contributed by atoms with Crippen LogP contribution in [0.3, 0.4) is 0 Å². The summed E-state index contributed by atoms with van der Waals surface area (Å²) in [5, 5.41) is 7.62. The van der Waals surface area contributed by atoms with Crippen molar-refractivity contribution in [2.75, 3.05) is 44.9 Å². The summed E-state index contributed by atoms with van der Waals surface area (Å²) in [5.41, 5.74) is 2.70. The van der Waals surface area contributed by atoms with Crippen molar-refractivity contribution in [2.24, 2.45) is 0 Å². The van der Waals surface area contributed by atoms with Crippen molar-refractivity contribution in [1.82, 2.24) is 15.2 Å². The van der Waals surface area contributed by atoms with Gasteiger partial charge in [0.25, 0.3) is 0 Å². The summed E-state index contributed by atoms with van der Waals surface area (Å²) < 4.78 is 16.4. The van der Waals surface area contributed by atoms with Gasteiger partial charge in [-0.15, -0.1) is 0 Å². The van der Waals surface area contributed by atoms with Crippen molar-refractivity contribution in [3.63, 3.8) is 0 Å². The highest BCUT2D eigenvalue weighted by Gasteiger charge is 2.24. The lowest BCUT2D eigenvalue weighted by molar-refractivity contribution is 0.0596. The van der Waals surface area contributed by atoms with Crippen LogP contribution in [0.4, 0.5) is 5.69 Å². The molecule has 0 aliphatic carbocycles. The molecule has 1 fully saturated rings. The van der Waals surface area contributed by atoms with Gasteiger partial charge in [-0.3, -0.25) is 5.10 Å². The number of anilines is 1. The minimum atomic E-state index is -1.17. The van der Waals surface area contributed by atoms with E-state index in [2.05, 4.69) is 39.7 Å². The fraction of sp³-hybridized carbons (Fsp3) is 0.611. The second-order valence-electron chi connectivity index (χ2n) is 7.87. The van der Waals surface area contributed by atoms with Crippen molar-refractivity contribution in [3.05, 3.63) is 17.5 Å². The fourth-order valence-electron chi connectivity index (χ4n) is 3.07. The van der Waals surface area contributed by atoms with E-state index in [0.717, 1.165) is 30.4 Å². The Balaban J connectivity index is 1.95. The monoisotopic (exact) mass is 392 g/mol. The van der Waals surface area contributed by atoms with Crippen molar-refractivity contribution in [1.29, 1.82) is 0 Å². The van der Waals surface area contributed by atoms with Crippen LogP contribution < -0.4 is 4.90 Å². The molecule has 0 saturated carbocycles. The number of aromatic amines is 1. The largest absolute Gasteiger partial charge is 0.464 e. The van der Waals surface area contributed by atoms with Crippen LogP contribution in [0.1, 0.15) is 16.1 Å². The second kappa shape index (κ2) is 8.36. The number of hydrogen-bond acceptors (Lipinski definition) is 7. The topological polar surface area (TPSA) is 89.6 Å². The smallest absolute Gasteiger partial charge is 0.356 e. The first-order chi connectivity index (χ1) is 12.9. The van der Waals surface area contributed by atoms with E-state index in [4.69, 9.17) is 14.2 Å². The molecule has 1 aliphatic rings. The first-order valence-electron chi connectivity index (χ1n) is 9.25. The number of H-pyrrole nitrogens is 1. The summed E-state index contributed by atoms with van der Waals surface area (Å²) in [4.78, 5) is 18.9. The number of rotatable bonds is 7. The Labute approximate surface area is 160 Å². The van der Waals surface area contributed by atoms with E-state index in [1.165, 1.54) is 7.11 Å². The average Bonchev–Trinajstić information content (AvgIpc) is 3.09. The molecular formula is C18H28N4O4Si. The Morgan fingerprint density at radius 2 is 2.07 bits per heavy atom. The van der Waals surface area contributed by atoms with Crippen LogP contribution in [-0.2, 0) is 20.8 Å². The first-order valence-corrected chi connectivity index (χ1v) is 13.0. The lowest BCUT2D eigenvalue weighted by Crippen LogP contribution is -2.37. The van der Waals surface area contributed by atoms with Crippen molar-refractivity contribution >= 4 is 30.8 Å². The number of hydrogen-bond donors (Lipinski definition) is 1. The third kappa shape index (κ3) is 4.66. The predicted molar refractivity (Wildman–Crippen MR) is 106 cm³/mol. The lowest BCUT2D eigenvalue weighted by Gasteiger charge is -2.30. The molecule has 8 nitrogen and oxygen atoms in total. The van der Waals surface area contributed by atoms with Crippen LogP contribution in [0.2, 0.25) is 25.7 Å². The number of pyridine rings is 1.